The van der Waals surface area contributed by atoms with E-state index in [1.165, 1.54) is 11.1 Å². The molecule has 0 fully saturated rings. The minimum atomic E-state index is 0.0719. The van der Waals surface area contributed by atoms with E-state index in [2.05, 4.69) is 66.7 Å². The maximum absolute atomic E-state index is 12.2. The van der Waals surface area contributed by atoms with Gasteiger partial charge in [0.25, 0.3) is 0 Å². The van der Waals surface area contributed by atoms with Crippen molar-refractivity contribution in [1.82, 2.24) is 0 Å². The molecule has 0 aromatic heterocycles. The topological polar surface area (TPSA) is 17.1 Å². The summed E-state index contributed by atoms with van der Waals surface area (Å²) in [5.41, 5.74) is 3.52. The van der Waals surface area contributed by atoms with Gasteiger partial charge in [-0.1, -0.05) is 54.5 Å². The van der Waals surface area contributed by atoms with Gasteiger partial charge < -0.3 is 0 Å². The summed E-state index contributed by atoms with van der Waals surface area (Å²) in [6.07, 6.45) is 1.54. The maximum Gasteiger partial charge on any atom is 0.162 e. The molecule has 1 aromatic rings. The van der Waals surface area contributed by atoms with E-state index in [0.717, 1.165) is 12.0 Å². The first-order chi connectivity index (χ1) is 8.55. The van der Waals surface area contributed by atoms with E-state index < -0.39 is 0 Å². The summed E-state index contributed by atoms with van der Waals surface area (Å²) in [6, 6.07) is 6.41. The molecule has 1 heteroatoms. The summed E-state index contributed by atoms with van der Waals surface area (Å²) >= 11 is 0. The number of hydrogen-bond acceptors (Lipinski definition) is 1. The number of hydrogen-bond donors (Lipinski definition) is 0. The van der Waals surface area contributed by atoms with Crippen LogP contribution in [0.15, 0.2) is 18.2 Å². The van der Waals surface area contributed by atoms with Crippen LogP contribution < -0.4 is 0 Å². The van der Waals surface area contributed by atoms with Gasteiger partial charge in [0.2, 0.25) is 0 Å². The monoisotopic (exact) mass is 260 g/mol. The smallest absolute Gasteiger partial charge is 0.162 e. The number of ketones is 1. The molecule has 0 saturated carbocycles. The highest BCUT2D eigenvalue weighted by molar-refractivity contribution is 5.96. The number of rotatable bonds is 3. The van der Waals surface area contributed by atoms with E-state index in [-0.39, 0.29) is 16.6 Å². The summed E-state index contributed by atoms with van der Waals surface area (Å²) in [5.74, 6) is 0.263. The van der Waals surface area contributed by atoms with Crippen molar-refractivity contribution in [3.63, 3.8) is 0 Å². The molecule has 0 aliphatic carbocycles. The highest BCUT2D eigenvalue weighted by Gasteiger charge is 2.21. The highest BCUT2D eigenvalue weighted by Crippen LogP contribution is 2.30. The number of benzene rings is 1. The lowest BCUT2D eigenvalue weighted by atomic mass is 9.79. The minimum absolute atomic E-state index is 0.0719. The van der Waals surface area contributed by atoms with Gasteiger partial charge in [0.05, 0.1) is 0 Å². The van der Waals surface area contributed by atoms with Crippen LogP contribution in [-0.4, -0.2) is 5.78 Å². The Bertz CT molecular complexity index is 423. The quantitative estimate of drug-likeness (QED) is 0.677. The van der Waals surface area contributed by atoms with Crippen molar-refractivity contribution < 1.29 is 4.79 Å². The summed E-state index contributed by atoms with van der Waals surface area (Å²) in [6.45, 7) is 15.2. The van der Waals surface area contributed by atoms with E-state index in [9.17, 15) is 4.79 Å². The molecular weight excluding hydrogens is 232 g/mol. The molecular formula is C18H28O. The zero-order chi connectivity index (χ0) is 14.8. The van der Waals surface area contributed by atoms with Crippen molar-refractivity contribution in [3.05, 3.63) is 34.9 Å². The Kier molecular flexibility index (Phi) is 4.60. The molecule has 106 valence electrons. The van der Waals surface area contributed by atoms with Crippen molar-refractivity contribution in [1.29, 1.82) is 0 Å². The minimum Gasteiger partial charge on any atom is -0.294 e. The van der Waals surface area contributed by atoms with Crippen LogP contribution in [0.1, 0.15) is 82.8 Å². The Morgan fingerprint density at radius 3 is 1.63 bits per heavy atom. The van der Waals surface area contributed by atoms with Crippen LogP contribution in [0.2, 0.25) is 0 Å². The van der Waals surface area contributed by atoms with Gasteiger partial charge in [-0.15, -0.1) is 0 Å². The van der Waals surface area contributed by atoms with Gasteiger partial charge in [-0.05, 0) is 40.5 Å². The second kappa shape index (κ2) is 5.48. The molecule has 0 spiro atoms. The largest absolute Gasteiger partial charge is 0.294 e. The zero-order valence-corrected chi connectivity index (χ0v) is 13.6. The third kappa shape index (κ3) is 4.19. The lowest BCUT2D eigenvalue weighted by Gasteiger charge is -2.26. The molecule has 1 aromatic carbocycles. The number of carbonyl (C=O) groups is 1. The van der Waals surface area contributed by atoms with Crippen LogP contribution in [0.4, 0.5) is 0 Å². The molecule has 0 aliphatic rings. The van der Waals surface area contributed by atoms with Crippen LogP contribution in [0.5, 0.6) is 0 Å². The third-order valence-electron chi connectivity index (χ3n) is 3.46. The fourth-order valence-corrected chi connectivity index (χ4v) is 2.03. The van der Waals surface area contributed by atoms with E-state index in [1.807, 2.05) is 0 Å². The van der Waals surface area contributed by atoms with Crippen molar-refractivity contribution in [3.8, 4) is 0 Å². The van der Waals surface area contributed by atoms with Crippen LogP contribution in [-0.2, 0) is 10.8 Å². The van der Waals surface area contributed by atoms with Gasteiger partial charge in [0.15, 0.2) is 5.78 Å². The average molecular weight is 260 g/mol. The lowest BCUT2D eigenvalue weighted by Crippen LogP contribution is -2.18. The lowest BCUT2D eigenvalue weighted by molar-refractivity contribution is 0.0981. The Morgan fingerprint density at radius 2 is 1.32 bits per heavy atom. The van der Waals surface area contributed by atoms with Crippen LogP contribution in [0.25, 0.3) is 0 Å². The van der Waals surface area contributed by atoms with Gasteiger partial charge in [-0.25, -0.2) is 0 Å². The van der Waals surface area contributed by atoms with Crippen LogP contribution >= 0.6 is 0 Å². The molecule has 1 nitrogen and oxygen atoms in total. The predicted molar refractivity (Wildman–Crippen MR) is 83.1 cm³/mol. The second-order valence-corrected chi connectivity index (χ2v) is 7.47. The molecule has 0 aliphatic heterocycles. The summed E-state index contributed by atoms with van der Waals surface area (Å²) in [7, 11) is 0. The molecule has 0 saturated heterocycles. The van der Waals surface area contributed by atoms with Crippen LogP contribution in [0.3, 0.4) is 0 Å². The average Bonchev–Trinajstić information content (AvgIpc) is 2.26. The first kappa shape index (κ1) is 15.9. The second-order valence-electron chi connectivity index (χ2n) is 7.47. The highest BCUT2D eigenvalue weighted by atomic mass is 16.1. The Labute approximate surface area is 118 Å². The summed E-state index contributed by atoms with van der Waals surface area (Å²) < 4.78 is 0. The SMILES string of the molecule is CCCC(=O)c1cc(C(C)(C)C)cc(C(C)(C)C)c1. The zero-order valence-electron chi connectivity index (χ0n) is 13.6. The van der Waals surface area contributed by atoms with E-state index in [1.54, 1.807) is 0 Å². The molecule has 19 heavy (non-hydrogen) atoms. The first-order valence-electron chi connectivity index (χ1n) is 7.25. The van der Waals surface area contributed by atoms with E-state index >= 15 is 0 Å². The fraction of sp³-hybridized carbons (Fsp3) is 0.611. The Balaban J connectivity index is 3.37. The van der Waals surface area contributed by atoms with Gasteiger partial charge in [0, 0.05) is 12.0 Å². The molecule has 0 heterocycles. The number of carbonyl (C=O) groups excluding carboxylic acids is 1. The van der Waals surface area contributed by atoms with E-state index in [4.69, 9.17) is 0 Å². The van der Waals surface area contributed by atoms with Crippen LogP contribution in [0, 0.1) is 0 Å². The molecule has 1 rings (SSSR count). The molecule has 0 bridgehead atoms. The molecule has 0 atom stereocenters. The molecule has 0 unspecified atom stereocenters. The Hall–Kier alpha value is -1.11. The maximum atomic E-state index is 12.2. The summed E-state index contributed by atoms with van der Waals surface area (Å²) in [5, 5.41) is 0. The molecule has 0 amide bonds. The van der Waals surface area contributed by atoms with E-state index in [0.29, 0.717) is 6.42 Å². The van der Waals surface area contributed by atoms with Gasteiger partial charge in [-0.2, -0.15) is 0 Å². The molecule has 0 N–H and O–H groups in total. The van der Waals surface area contributed by atoms with Crippen molar-refractivity contribution >= 4 is 5.78 Å². The van der Waals surface area contributed by atoms with Gasteiger partial charge in [-0.3, -0.25) is 4.79 Å². The fourth-order valence-electron chi connectivity index (χ4n) is 2.03. The first-order valence-corrected chi connectivity index (χ1v) is 7.25. The Morgan fingerprint density at radius 1 is 0.895 bits per heavy atom. The third-order valence-corrected chi connectivity index (χ3v) is 3.46. The standard InChI is InChI=1S/C18H28O/c1-8-9-16(19)13-10-14(17(2,3)4)12-15(11-13)18(5,6)7/h10-12H,8-9H2,1-7H3. The predicted octanol–water partition coefficient (Wildman–Crippen LogP) is 5.26. The normalized spacial score (nSPS) is 12.6. The van der Waals surface area contributed by atoms with Gasteiger partial charge in [0.1, 0.15) is 0 Å². The van der Waals surface area contributed by atoms with Crippen molar-refractivity contribution in [2.45, 2.75) is 72.1 Å². The van der Waals surface area contributed by atoms with Crippen molar-refractivity contribution in [2.24, 2.45) is 0 Å². The summed E-state index contributed by atoms with van der Waals surface area (Å²) in [4.78, 5) is 12.2. The van der Waals surface area contributed by atoms with Gasteiger partial charge >= 0.3 is 0 Å². The molecule has 0 radical (unpaired) electrons. The van der Waals surface area contributed by atoms with Crippen molar-refractivity contribution in [2.75, 3.05) is 0 Å². The number of Topliss-reactive ketones (excluding diaryl/α,β-unsaturated/α-hetero) is 1.